The third-order valence-corrected chi connectivity index (χ3v) is 5.99. The highest BCUT2D eigenvalue weighted by Gasteiger charge is 2.43. The zero-order valence-corrected chi connectivity index (χ0v) is 15.6. The molecule has 4 nitrogen and oxygen atoms in total. The molecule has 132 valence electrons. The summed E-state index contributed by atoms with van der Waals surface area (Å²) in [6.45, 7) is 8.51. The topological polar surface area (TPSA) is 39.3 Å². The van der Waals surface area contributed by atoms with E-state index >= 15 is 0 Å². The molecule has 25 heavy (non-hydrogen) atoms. The second-order valence-electron chi connectivity index (χ2n) is 7.67. The zero-order chi connectivity index (χ0) is 17.8. The number of rotatable bonds is 3. The molecule has 1 aliphatic heterocycles. The van der Waals surface area contributed by atoms with Crippen LogP contribution in [0, 0.1) is 5.41 Å². The minimum absolute atomic E-state index is 0.238. The highest BCUT2D eigenvalue weighted by molar-refractivity contribution is 6.00. The van der Waals surface area contributed by atoms with Crippen LogP contribution in [-0.2, 0) is 11.2 Å². The van der Waals surface area contributed by atoms with Crippen molar-refractivity contribution in [2.75, 3.05) is 26.7 Å². The SMILES string of the molecule is CCN(CC)C(=O)[C@]1(C)C=C2c3cccc4[nH]cc(c34)C[C@H]2N(C)C1. The quantitative estimate of drug-likeness (QED) is 0.933. The summed E-state index contributed by atoms with van der Waals surface area (Å²) in [7, 11) is 2.16. The molecule has 0 radical (unpaired) electrons. The number of carbonyl (C=O) groups excluding carboxylic acids is 1. The highest BCUT2D eigenvalue weighted by Crippen LogP contribution is 2.43. The first-order chi connectivity index (χ1) is 12.0. The van der Waals surface area contributed by atoms with Crippen LogP contribution in [0.5, 0.6) is 0 Å². The molecule has 0 bridgehead atoms. The van der Waals surface area contributed by atoms with Gasteiger partial charge in [-0.2, -0.15) is 0 Å². The summed E-state index contributed by atoms with van der Waals surface area (Å²) in [4.78, 5) is 20.9. The van der Waals surface area contributed by atoms with Gasteiger partial charge in [-0.15, -0.1) is 0 Å². The van der Waals surface area contributed by atoms with E-state index in [9.17, 15) is 4.79 Å². The number of aromatic amines is 1. The molecule has 2 aliphatic rings. The number of hydrogen-bond donors (Lipinski definition) is 1. The van der Waals surface area contributed by atoms with Crippen LogP contribution in [0.15, 0.2) is 30.5 Å². The molecule has 4 rings (SSSR count). The Kier molecular flexibility index (Phi) is 3.76. The fourth-order valence-electron chi connectivity index (χ4n) is 4.74. The van der Waals surface area contributed by atoms with E-state index in [0.717, 1.165) is 26.1 Å². The van der Waals surface area contributed by atoms with Crippen molar-refractivity contribution in [1.82, 2.24) is 14.8 Å². The normalized spacial score (nSPS) is 25.6. The maximum Gasteiger partial charge on any atom is 0.233 e. The second-order valence-corrected chi connectivity index (χ2v) is 7.67. The number of aromatic nitrogens is 1. The third-order valence-electron chi connectivity index (χ3n) is 5.99. The molecule has 1 aromatic heterocycles. The van der Waals surface area contributed by atoms with Crippen LogP contribution < -0.4 is 0 Å². The summed E-state index contributed by atoms with van der Waals surface area (Å²) < 4.78 is 0. The van der Waals surface area contributed by atoms with Gasteiger partial charge in [-0.05, 0) is 57.0 Å². The van der Waals surface area contributed by atoms with Crippen LogP contribution >= 0.6 is 0 Å². The first kappa shape index (κ1) is 16.4. The van der Waals surface area contributed by atoms with Crippen molar-refractivity contribution in [1.29, 1.82) is 0 Å². The number of carbonyl (C=O) groups is 1. The van der Waals surface area contributed by atoms with Gasteiger partial charge in [0.1, 0.15) is 0 Å². The van der Waals surface area contributed by atoms with Crippen molar-refractivity contribution >= 4 is 22.4 Å². The lowest BCUT2D eigenvalue weighted by Gasteiger charge is -2.45. The number of amides is 1. The molecule has 1 amide bonds. The first-order valence-corrected chi connectivity index (χ1v) is 9.30. The van der Waals surface area contributed by atoms with Gasteiger partial charge in [-0.25, -0.2) is 0 Å². The molecule has 2 atom stereocenters. The lowest BCUT2D eigenvalue weighted by Crippen LogP contribution is -2.53. The number of nitrogens with zero attached hydrogens (tertiary/aromatic N) is 2. The molecule has 0 fully saturated rings. The van der Waals surface area contributed by atoms with Crippen LogP contribution in [0.25, 0.3) is 16.5 Å². The number of likely N-dealkylation sites (N-methyl/N-ethyl adjacent to an activating group) is 1. The van der Waals surface area contributed by atoms with Gasteiger partial charge in [-0.3, -0.25) is 9.69 Å². The summed E-state index contributed by atoms with van der Waals surface area (Å²) in [5.41, 5.74) is 4.71. The molecule has 1 aromatic carbocycles. The fourth-order valence-corrected chi connectivity index (χ4v) is 4.74. The van der Waals surface area contributed by atoms with Gasteiger partial charge in [0.25, 0.3) is 0 Å². The van der Waals surface area contributed by atoms with E-state index in [4.69, 9.17) is 0 Å². The third kappa shape index (κ3) is 2.35. The van der Waals surface area contributed by atoms with Gasteiger partial charge in [0.15, 0.2) is 0 Å². The van der Waals surface area contributed by atoms with Crippen molar-refractivity contribution in [3.05, 3.63) is 41.6 Å². The van der Waals surface area contributed by atoms with E-state index in [1.165, 1.54) is 27.6 Å². The maximum absolute atomic E-state index is 13.2. The van der Waals surface area contributed by atoms with Crippen molar-refractivity contribution in [2.45, 2.75) is 33.2 Å². The Morgan fingerprint density at radius 2 is 2.12 bits per heavy atom. The van der Waals surface area contributed by atoms with Gasteiger partial charge < -0.3 is 9.88 Å². The summed E-state index contributed by atoms with van der Waals surface area (Å²) >= 11 is 0. The average Bonchev–Trinajstić information content (AvgIpc) is 3.02. The van der Waals surface area contributed by atoms with Gasteiger partial charge in [-0.1, -0.05) is 18.2 Å². The lowest BCUT2D eigenvalue weighted by molar-refractivity contribution is -0.139. The fraction of sp³-hybridized carbons (Fsp3) is 0.476. The van der Waals surface area contributed by atoms with Gasteiger partial charge in [0, 0.05) is 42.8 Å². The Hall–Kier alpha value is -2.07. The summed E-state index contributed by atoms with van der Waals surface area (Å²) in [5.74, 6) is 0.238. The van der Waals surface area contributed by atoms with Crippen LogP contribution in [0.2, 0.25) is 0 Å². The van der Waals surface area contributed by atoms with E-state index in [-0.39, 0.29) is 5.91 Å². The van der Waals surface area contributed by atoms with E-state index in [1.54, 1.807) is 0 Å². The largest absolute Gasteiger partial charge is 0.361 e. The minimum atomic E-state index is -0.470. The molecule has 0 saturated carbocycles. The molecule has 1 N–H and O–H groups in total. The molecule has 1 aliphatic carbocycles. The summed E-state index contributed by atoms with van der Waals surface area (Å²) in [5, 5.41) is 1.33. The summed E-state index contributed by atoms with van der Waals surface area (Å²) in [6.07, 6.45) is 5.42. The van der Waals surface area contributed by atoms with E-state index in [1.807, 2.05) is 4.90 Å². The molecular weight excluding hydrogens is 310 g/mol. The Bertz CT molecular complexity index is 861. The van der Waals surface area contributed by atoms with E-state index in [0.29, 0.717) is 6.04 Å². The highest BCUT2D eigenvalue weighted by atomic mass is 16.2. The van der Waals surface area contributed by atoms with Crippen molar-refractivity contribution in [3.8, 4) is 0 Å². The Morgan fingerprint density at radius 3 is 2.84 bits per heavy atom. The standard InChI is InChI=1S/C21H27N3O/c1-5-24(6-2)20(25)21(3)11-16-15-8-7-9-17-19(15)14(12-22-17)10-18(16)23(4)13-21/h7-9,11-12,18,22H,5-6,10,13H2,1-4H3/t18-,21-/m1/s1. The number of fused-ring (bicyclic) bond motifs is 2. The molecule has 2 heterocycles. The minimum Gasteiger partial charge on any atom is -0.361 e. The molecule has 4 heteroatoms. The lowest BCUT2D eigenvalue weighted by atomic mass is 9.74. The van der Waals surface area contributed by atoms with Crippen LogP contribution in [0.1, 0.15) is 31.9 Å². The van der Waals surface area contributed by atoms with Crippen LogP contribution in [0.4, 0.5) is 0 Å². The van der Waals surface area contributed by atoms with Gasteiger partial charge in [0.05, 0.1) is 5.41 Å². The number of benzene rings is 1. The number of nitrogens with one attached hydrogen (secondary N) is 1. The molecular formula is C21H27N3O. The predicted molar refractivity (Wildman–Crippen MR) is 102 cm³/mol. The smallest absolute Gasteiger partial charge is 0.233 e. The Labute approximate surface area is 149 Å². The zero-order valence-electron chi connectivity index (χ0n) is 15.6. The monoisotopic (exact) mass is 337 g/mol. The first-order valence-electron chi connectivity index (χ1n) is 9.30. The van der Waals surface area contributed by atoms with Crippen LogP contribution in [0.3, 0.4) is 0 Å². The van der Waals surface area contributed by atoms with Crippen LogP contribution in [-0.4, -0.2) is 53.4 Å². The number of H-pyrrole nitrogens is 1. The maximum atomic E-state index is 13.2. The van der Waals surface area contributed by atoms with E-state index < -0.39 is 5.41 Å². The van der Waals surface area contributed by atoms with Crippen molar-refractivity contribution in [3.63, 3.8) is 0 Å². The van der Waals surface area contributed by atoms with E-state index in [2.05, 4.69) is 68.2 Å². The van der Waals surface area contributed by atoms with Gasteiger partial charge in [0.2, 0.25) is 5.91 Å². The Morgan fingerprint density at radius 1 is 1.36 bits per heavy atom. The average molecular weight is 337 g/mol. The molecule has 2 aromatic rings. The molecule has 0 unspecified atom stereocenters. The Balaban J connectivity index is 1.86. The van der Waals surface area contributed by atoms with Crippen molar-refractivity contribution in [2.24, 2.45) is 5.41 Å². The predicted octanol–water partition coefficient (Wildman–Crippen LogP) is 3.30. The van der Waals surface area contributed by atoms with Gasteiger partial charge >= 0.3 is 0 Å². The number of hydrogen-bond acceptors (Lipinski definition) is 2. The molecule has 0 saturated heterocycles. The second kappa shape index (κ2) is 5.73. The molecule has 0 spiro atoms. The summed E-state index contributed by atoms with van der Waals surface area (Å²) in [6, 6.07) is 6.81. The van der Waals surface area contributed by atoms with Crippen molar-refractivity contribution < 1.29 is 4.79 Å².